The number of hydrogen-bond donors (Lipinski definition) is 2. The molecule has 2 N–H and O–H groups in total. The van der Waals surface area contributed by atoms with Gasteiger partial charge in [-0.25, -0.2) is 0 Å². The number of amides is 1. The van der Waals surface area contributed by atoms with Gasteiger partial charge in [0.05, 0.1) is 18.3 Å². The molecule has 0 saturated heterocycles. The second-order valence-electron chi connectivity index (χ2n) is 9.94. The SMILES string of the molecule is CC(=CC(=O)Nc1ccccc1OCCCC(=O)O)c1ccc2c(ccn2C(C)c2ccc3ccccc3c2)c1. The molecular weight excluding hydrogens is 500 g/mol. The molecule has 4 aromatic carbocycles. The molecule has 6 heteroatoms. The normalized spacial score (nSPS) is 12.4. The monoisotopic (exact) mass is 532 g/mol. The van der Waals surface area contributed by atoms with Crippen LogP contribution in [-0.2, 0) is 9.59 Å². The number of benzene rings is 4. The van der Waals surface area contributed by atoms with Gasteiger partial charge in [-0.2, -0.15) is 0 Å². The van der Waals surface area contributed by atoms with E-state index in [1.165, 1.54) is 16.3 Å². The third kappa shape index (κ3) is 6.07. The number of carboxylic acids is 1. The summed E-state index contributed by atoms with van der Waals surface area (Å²) in [5.74, 6) is -0.614. The summed E-state index contributed by atoms with van der Waals surface area (Å²) in [5.41, 5.74) is 4.74. The van der Waals surface area contributed by atoms with E-state index in [4.69, 9.17) is 9.84 Å². The van der Waals surface area contributed by atoms with Crippen LogP contribution < -0.4 is 10.1 Å². The van der Waals surface area contributed by atoms with E-state index < -0.39 is 5.97 Å². The summed E-state index contributed by atoms with van der Waals surface area (Å²) < 4.78 is 7.98. The molecular formula is C34H32N2O4. The maximum atomic E-state index is 12.8. The Morgan fingerprint density at radius 1 is 0.925 bits per heavy atom. The van der Waals surface area contributed by atoms with Gasteiger partial charge >= 0.3 is 5.97 Å². The van der Waals surface area contributed by atoms with Gasteiger partial charge in [-0.15, -0.1) is 0 Å². The van der Waals surface area contributed by atoms with Crippen molar-refractivity contribution in [3.63, 3.8) is 0 Å². The number of hydrogen-bond acceptors (Lipinski definition) is 3. The van der Waals surface area contributed by atoms with Crippen LogP contribution in [0.3, 0.4) is 0 Å². The molecule has 6 nitrogen and oxygen atoms in total. The summed E-state index contributed by atoms with van der Waals surface area (Å²) >= 11 is 0. The van der Waals surface area contributed by atoms with Gasteiger partial charge in [0.25, 0.3) is 0 Å². The highest BCUT2D eigenvalue weighted by molar-refractivity contribution is 6.05. The summed E-state index contributed by atoms with van der Waals surface area (Å²) in [6.45, 7) is 4.39. The highest BCUT2D eigenvalue weighted by Gasteiger charge is 2.13. The van der Waals surface area contributed by atoms with E-state index in [-0.39, 0.29) is 25.0 Å². The van der Waals surface area contributed by atoms with E-state index in [1.54, 1.807) is 18.2 Å². The van der Waals surface area contributed by atoms with Crippen LogP contribution in [0.4, 0.5) is 5.69 Å². The fraction of sp³-hybridized carbons (Fsp3) is 0.176. The minimum atomic E-state index is -0.861. The molecule has 0 aliphatic heterocycles. The van der Waals surface area contributed by atoms with Crippen LogP contribution in [0.25, 0.3) is 27.2 Å². The number of aliphatic carboxylic acids is 1. The molecule has 1 aromatic heterocycles. The lowest BCUT2D eigenvalue weighted by atomic mass is 10.0. The van der Waals surface area contributed by atoms with Crippen LogP contribution in [0.5, 0.6) is 5.75 Å². The second kappa shape index (κ2) is 11.9. The molecule has 1 heterocycles. The van der Waals surface area contributed by atoms with E-state index in [1.807, 2.05) is 25.1 Å². The van der Waals surface area contributed by atoms with E-state index in [0.29, 0.717) is 17.9 Å². The number of ether oxygens (including phenoxy) is 1. The fourth-order valence-corrected chi connectivity index (χ4v) is 4.93. The number of carbonyl (C=O) groups excluding carboxylic acids is 1. The Balaban J connectivity index is 1.30. The van der Waals surface area contributed by atoms with Gasteiger partial charge in [-0.1, -0.05) is 54.6 Å². The van der Waals surface area contributed by atoms with Crippen LogP contribution in [0.1, 0.15) is 43.9 Å². The summed E-state index contributed by atoms with van der Waals surface area (Å²) in [4.78, 5) is 23.6. The average Bonchev–Trinajstić information content (AvgIpc) is 3.38. The zero-order chi connectivity index (χ0) is 28.1. The molecule has 0 spiro atoms. The topological polar surface area (TPSA) is 80.6 Å². The van der Waals surface area contributed by atoms with E-state index in [0.717, 1.165) is 22.0 Å². The van der Waals surface area contributed by atoms with Gasteiger partial charge in [0.15, 0.2) is 0 Å². The summed E-state index contributed by atoms with van der Waals surface area (Å²) in [6.07, 6.45) is 4.12. The Morgan fingerprint density at radius 2 is 1.70 bits per heavy atom. The summed E-state index contributed by atoms with van der Waals surface area (Å²) in [5, 5.41) is 15.3. The Morgan fingerprint density at radius 3 is 2.52 bits per heavy atom. The molecule has 202 valence electrons. The number of nitrogens with one attached hydrogen (secondary N) is 1. The van der Waals surface area contributed by atoms with Gasteiger partial charge < -0.3 is 19.7 Å². The lowest BCUT2D eigenvalue weighted by molar-refractivity contribution is -0.137. The van der Waals surface area contributed by atoms with E-state index in [9.17, 15) is 9.59 Å². The van der Waals surface area contributed by atoms with Crippen molar-refractivity contribution < 1.29 is 19.4 Å². The van der Waals surface area contributed by atoms with Crippen LogP contribution in [-0.4, -0.2) is 28.2 Å². The van der Waals surface area contributed by atoms with Crippen LogP contribution in [0.2, 0.25) is 0 Å². The van der Waals surface area contributed by atoms with E-state index in [2.05, 4.69) is 83.7 Å². The molecule has 5 aromatic rings. The maximum absolute atomic E-state index is 12.8. The molecule has 5 rings (SSSR count). The number of para-hydroxylation sites is 2. The van der Waals surface area contributed by atoms with Crippen LogP contribution in [0, 0.1) is 0 Å². The Kier molecular flexibility index (Phi) is 7.97. The number of allylic oxidation sites excluding steroid dienone is 1. The van der Waals surface area contributed by atoms with Crippen molar-refractivity contribution >= 4 is 44.8 Å². The number of fused-ring (bicyclic) bond motifs is 2. The van der Waals surface area contributed by atoms with Crippen molar-refractivity contribution in [2.24, 2.45) is 0 Å². The minimum Gasteiger partial charge on any atom is -0.491 e. The van der Waals surface area contributed by atoms with Crippen molar-refractivity contribution in [1.82, 2.24) is 4.57 Å². The fourth-order valence-electron chi connectivity index (χ4n) is 4.93. The molecule has 1 atom stereocenters. The van der Waals surface area contributed by atoms with Gasteiger partial charge in [0, 0.05) is 29.6 Å². The quantitative estimate of drug-likeness (QED) is 0.143. The maximum Gasteiger partial charge on any atom is 0.303 e. The zero-order valence-corrected chi connectivity index (χ0v) is 22.6. The van der Waals surface area contributed by atoms with Gasteiger partial charge in [-0.05, 0) is 84.1 Å². The largest absolute Gasteiger partial charge is 0.491 e. The standard InChI is InChI=1S/C34H32N2O4/c1-23(20-33(37)35-30-10-5-6-11-32(30)40-19-7-12-34(38)39)26-15-16-31-29(21-26)17-18-36(31)24(2)27-14-13-25-8-3-4-9-28(25)22-27/h3-6,8-11,13-18,20-22,24H,7,12,19H2,1-2H3,(H,35,37)(H,38,39). The molecule has 0 fully saturated rings. The molecule has 40 heavy (non-hydrogen) atoms. The number of anilines is 1. The molecule has 0 aliphatic rings. The van der Waals surface area contributed by atoms with Crippen molar-refractivity contribution in [1.29, 1.82) is 0 Å². The van der Waals surface area contributed by atoms with Crippen molar-refractivity contribution in [3.05, 3.63) is 114 Å². The second-order valence-corrected chi connectivity index (χ2v) is 9.94. The third-order valence-corrected chi connectivity index (χ3v) is 7.13. The molecule has 0 aliphatic carbocycles. The number of rotatable bonds is 10. The van der Waals surface area contributed by atoms with E-state index >= 15 is 0 Å². The zero-order valence-electron chi connectivity index (χ0n) is 22.6. The number of nitrogens with zero attached hydrogens (tertiary/aromatic N) is 1. The predicted molar refractivity (Wildman–Crippen MR) is 161 cm³/mol. The Bertz CT molecular complexity index is 1720. The summed E-state index contributed by atoms with van der Waals surface area (Å²) in [6, 6.07) is 30.7. The summed E-state index contributed by atoms with van der Waals surface area (Å²) in [7, 11) is 0. The number of carboxylic acid groups (broad SMARTS) is 1. The average molecular weight is 533 g/mol. The number of carbonyl (C=O) groups is 2. The molecule has 1 amide bonds. The Labute approximate surface area is 233 Å². The molecule has 0 bridgehead atoms. The lowest BCUT2D eigenvalue weighted by Crippen LogP contribution is -2.11. The number of aromatic nitrogens is 1. The highest BCUT2D eigenvalue weighted by Crippen LogP contribution is 2.29. The van der Waals surface area contributed by atoms with Gasteiger partial charge in [0.1, 0.15) is 5.75 Å². The highest BCUT2D eigenvalue weighted by atomic mass is 16.5. The first-order valence-electron chi connectivity index (χ1n) is 13.4. The van der Waals surface area contributed by atoms with Crippen molar-refractivity contribution in [3.8, 4) is 5.75 Å². The first-order valence-corrected chi connectivity index (χ1v) is 13.4. The molecule has 0 radical (unpaired) electrons. The van der Waals surface area contributed by atoms with Crippen molar-refractivity contribution in [2.45, 2.75) is 32.7 Å². The Hall–Kier alpha value is -4.84. The third-order valence-electron chi connectivity index (χ3n) is 7.13. The predicted octanol–water partition coefficient (Wildman–Crippen LogP) is 7.69. The minimum absolute atomic E-state index is 0.0343. The van der Waals surface area contributed by atoms with Crippen LogP contribution >= 0.6 is 0 Å². The first kappa shape index (κ1) is 26.8. The van der Waals surface area contributed by atoms with Crippen LogP contribution in [0.15, 0.2) is 103 Å². The lowest BCUT2D eigenvalue weighted by Gasteiger charge is -2.17. The smallest absolute Gasteiger partial charge is 0.303 e. The molecule has 0 saturated carbocycles. The first-order chi connectivity index (χ1) is 19.4. The molecule has 1 unspecified atom stereocenters. The van der Waals surface area contributed by atoms with Gasteiger partial charge in [0.2, 0.25) is 5.91 Å². The van der Waals surface area contributed by atoms with Crippen molar-refractivity contribution in [2.75, 3.05) is 11.9 Å². The van der Waals surface area contributed by atoms with Gasteiger partial charge in [-0.3, -0.25) is 9.59 Å².